The third-order valence-corrected chi connectivity index (χ3v) is 2.37. The third-order valence-electron chi connectivity index (χ3n) is 2.37. The van der Waals surface area contributed by atoms with Crippen molar-refractivity contribution in [1.82, 2.24) is 0 Å². The van der Waals surface area contributed by atoms with E-state index >= 15 is 0 Å². The second-order valence-corrected chi connectivity index (χ2v) is 3.60. The van der Waals surface area contributed by atoms with Crippen LogP contribution in [0, 0.1) is 0 Å². The average molecular weight is 231 g/mol. The first-order valence-corrected chi connectivity index (χ1v) is 5.12. The second kappa shape index (κ2) is 4.61. The van der Waals surface area contributed by atoms with Crippen molar-refractivity contribution in [1.29, 1.82) is 0 Å². The van der Waals surface area contributed by atoms with Gasteiger partial charge < -0.3 is 21.2 Å². The van der Waals surface area contributed by atoms with Crippen molar-refractivity contribution >= 4 is 17.3 Å². The van der Waals surface area contributed by atoms with Crippen LogP contribution in [0.3, 0.4) is 0 Å². The highest BCUT2D eigenvalue weighted by Gasteiger charge is 2.06. The molecule has 1 aromatic carbocycles. The third kappa shape index (κ3) is 2.57. The highest BCUT2D eigenvalue weighted by atomic mass is 16.3. The van der Waals surface area contributed by atoms with Crippen LogP contribution in [0.2, 0.25) is 0 Å². The first-order chi connectivity index (χ1) is 8.16. The fourth-order valence-corrected chi connectivity index (χ4v) is 1.48. The van der Waals surface area contributed by atoms with Gasteiger partial charge in [-0.1, -0.05) is 0 Å². The molecular weight excluding hydrogens is 218 g/mol. The summed E-state index contributed by atoms with van der Waals surface area (Å²) < 4.78 is 5.18. The number of hydrogen-bond donors (Lipinski definition) is 3. The number of hydrogen-bond acceptors (Lipinski definition) is 4. The molecule has 0 unspecified atom stereocenters. The van der Waals surface area contributed by atoms with Gasteiger partial charge in [0, 0.05) is 11.4 Å². The van der Waals surface area contributed by atoms with Crippen LogP contribution in [0.1, 0.15) is 16.1 Å². The Morgan fingerprint density at radius 1 is 1.35 bits per heavy atom. The highest BCUT2D eigenvalue weighted by Crippen LogP contribution is 2.18. The lowest BCUT2D eigenvalue weighted by molar-refractivity contribution is 0.100. The van der Waals surface area contributed by atoms with Gasteiger partial charge in [0.15, 0.2) is 0 Å². The molecule has 0 aliphatic rings. The molecule has 0 aliphatic carbocycles. The van der Waals surface area contributed by atoms with E-state index in [1.54, 1.807) is 24.5 Å². The molecule has 0 saturated heterocycles. The number of furan rings is 1. The van der Waals surface area contributed by atoms with E-state index < -0.39 is 5.91 Å². The maximum atomic E-state index is 11.1. The largest absolute Gasteiger partial charge is 0.467 e. The summed E-state index contributed by atoms with van der Waals surface area (Å²) in [7, 11) is 0. The van der Waals surface area contributed by atoms with Gasteiger partial charge in [0.2, 0.25) is 0 Å². The normalized spacial score (nSPS) is 10.1. The summed E-state index contributed by atoms with van der Waals surface area (Å²) in [4.78, 5) is 11.1. The lowest BCUT2D eigenvalue weighted by Gasteiger charge is -2.07. The summed E-state index contributed by atoms with van der Waals surface area (Å²) in [6.07, 6.45) is 1.61. The fourth-order valence-electron chi connectivity index (χ4n) is 1.48. The summed E-state index contributed by atoms with van der Waals surface area (Å²) in [6, 6.07) is 8.73. The molecule has 1 amide bonds. The molecule has 2 aromatic rings. The first kappa shape index (κ1) is 11.1. The van der Waals surface area contributed by atoms with E-state index in [2.05, 4.69) is 5.32 Å². The smallest absolute Gasteiger partial charge is 0.250 e. The number of carbonyl (C=O) groups excluding carboxylic acids is 1. The van der Waals surface area contributed by atoms with E-state index in [0.29, 0.717) is 17.8 Å². The minimum absolute atomic E-state index is 0.314. The first-order valence-electron chi connectivity index (χ1n) is 5.12. The summed E-state index contributed by atoms with van der Waals surface area (Å²) in [5, 5.41) is 3.11. The molecule has 1 aromatic heterocycles. The van der Waals surface area contributed by atoms with Gasteiger partial charge >= 0.3 is 0 Å². The van der Waals surface area contributed by atoms with Crippen molar-refractivity contribution in [2.45, 2.75) is 6.54 Å². The number of amides is 1. The maximum Gasteiger partial charge on any atom is 0.250 e. The summed E-state index contributed by atoms with van der Waals surface area (Å²) in [6.45, 7) is 0.537. The van der Waals surface area contributed by atoms with Gasteiger partial charge in [0.25, 0.3) is 5.91 Å². The fraction of sp³-hybridized carbons (Fsp3) is 0.0833. The SMILES string of the molecule is NC(=O)c1cc(NCc2ccco2)ccc1N. The number of carbonyl (C=O) groups is 1. The number of primary amides is 1. The molecule has 88 valence electrons. The Kier molecular flexibility index (Phi) is 3.00. The molecule has 5 nitrogen and oxygen atoms in total. The number of nitrogens with two attached hydrogens (primary N) is 2. The van der Waals surface area contributed by atoms with Crippen molar-refractivity contribution in [2.24, 2.45) is 5.73 Å². The van der Waals surface area contributed by atoms with Crippen molar-refractivity contribution in [2.75, 3.05) is 11.1 Å². The Morgan fingerprint density at radius 3 is 2.82 bits per heavy atom. The van der Waals surface area contributed by atoms with Crippen LogP contribution in [0.5, 0.6) is 0 Å². The minimum atomic E-state index is -0.538. The lowest BCUT2D eigenvalue weighted by atomic mass is 10.1. The number of rotatable bonds is 4. The van der Waals surface area contributed by atoms with Gasteiger partial charge in [0.1, 0.15) is 5.76 Å². The van der Waals surface area contributed by atoms with E-state index in [4.69, 9.17) is 15.9 Å². The molecule has 0 spiro atoms. The average Bonchev–Trinajstić information content (AvgIpc) is 2.80. The standard InChI is InChI=1S/C12H13N3O2/c13-11-4-3-8(6-10(11)12(14)16)15-7-9-2-1-5-17-9/h1-6,15H,7,13H2,(H2,14,16). The topological polar surface area (TPSA) is 94.3 Å². The van der Waals surface area contributed by atoms with Crippen LogP contribution >= 0.6 is 0 Å². The monoisotopic (exact) mass is 231 g/mol. The van der Waals surface area contributed by atoms with Crippen LogP contribution in [-0.2, 0) is 6.54 Å². The summed E-state index contributed by atoms with van der Waals surface area (Å²) in [5.74, 6) is 0.270. The number of benzene rings is 1. The molecule has 5 N–H and O–H groups in total. The van der Waals surface area contributed by atoms with Crippen LogP contribution in [0.4, 0.5) is 11.4 Å². The van der Waals surface area contributed by atoms with E-state index in [9.17, 15) is 4.79 Å². The predicted molar refractivity (Wildman–Crippen MR) is 65.4 cm³/mol. The minimum Gasteiger partial charge on any atom is -0.467 e. The molecular formula is C12H13N3O2. The summed E-state index contributed by atoms with van der Waals surface area (Å²) in [5.41, 5.74) is 12.3. The second-order valence-electron chi connectivity index (χ2n) is 3.60. The van der Waals surface area contributed by atoms with E-state index in [1.807, 2.05) is 12.1 Å². The predicted octanol–water partition coefficient (Wildman–Crippen LogP) is 1.57. The maximum absolute atomic E-state index is 11.1. The lowest BCUT2D eigenvalue weighted by Crippen LogP contribution is -2.14. The Hall–Kier alpha value is -2.43. The quantitative estimate of drug-likeness (QED) is 0.696. The molecule has 0 fully saturated rings. The molecule has 1 heterocycles. The molecule has 0 saturated carbocycles. The zero-order valence-electron chi connectivity index (χ0n) is 9.14. The van der Waals surface area contributed by atoms with Gasteiger partial charge in [-0.25, -0.2) is 0 Å². The van der Waals surface area contributed by atoms with Crippen molar-refractivity contribution < 1.29 is 9.21 Å². The van der Waals surface area contributed by atoms with Gasteiger partial charge in [-0.15, -0.1) is 0 Å². The number of nitrogens with one attached hydrogen (secondary N) is 1. The highest BCUT2D eigenvalue weighted by molar-refractivity contribution is 5.98. The van der Waals surface area contributed by atoms with Crippen molar-refractivity contribution in [3.8, 4) is 0 Å². The molecule has 17 heavy (non-hydrogen) atoms. The van der Waals surface area contributed by atoms with Crippen molar-refractivity contribution in [3.63, 3.8) is 0 Å². The Morgan fingerprint density at radius 2 is 2.18 bits per heavy atom. The van der Waals surface area contributed by atoms with E-state index in [-0.39, 0.29) is 0 Å². The van der Waals surface area contributed by atoms with Gasteiger partial charge in [0.05, 0.1) is 18.4 Å². The van der Waals surface area contributed by atoms with E-state index in [0.717, 1.165) is 11.4 Å². The molecule has 5 heteroatoms. The Balaban J connectivity index is 2.11. The zero-order valence-corrected chi connectivity index (χ0v) is 9.14. The van der Waals surface area contributed by atoms with Gasteiger partial charge in [-0.05, 0) is 30.3 Å². The van der Waals surface area contributed by atoms with Crippen LogP contribution < -0.4 is 16.8 Å². The molecule has 0 bridgehead atoms. The molecule has 0 atom stereocenters. The molecule has 0 radical (unpaired) electrons. The number of nitrogen functional groups attached to an aromatic ring is 1. The molecule has 0 aliphatic heterocycles. The Labute approximate surface area is 98.4 Å². The van der Waals surface area contributed by atoms with Gasteiger partial charge in [-0.2, -0.15) is 0 Å². The van der Waals surface area contributed by atoms with Gasteiger partial charge in [-0.3, -0.25) is 4.79 Å². The van der Waals surface area contributed by atoms with Crippen molar-refractivity contribution in [3.05, 3.63) is 47.9 Å². The van der Waals surface area contributed by atoms with Crippen LogP contribution in [0.25, 0.3) is 0 Å². The van der Waals surface area contributed by atoms with Crippen LogP contribution in [0.15, 0.2) is 41.0 Å². The van der Waals surface area contributed by atoms with E-state index in [1.165, 1.54) is 0 Å². The number of anilines is 2. The van der Waals surface area contributed by atoms with Crippen LogP contribution in [-0.4, -0.2) is 5.91 Å². The Bertz CT molecular complexity index is 521. The molecule has 2 rings (SSSR count). The summed E-state index contributed by atoms with van der Waals surface area (Å²) >= 11 is 0. The zero-order chi connectivity index (χ0) is 12.3.